The van der Waals surface area contributed by atoms with Gasteiger partial charge in [0, 0.05) is 12.2 Å². The molecule has 0 bridgehead atoms. The van der Waals surface area contributed by atoms with E-state index in [1.165, 1.54) is 6.33 Å². The van der Waals surface area contributed by atoms with Crippen LogP contribution in [0.5, 0.6) is 0 Å². The Labute approximate surface area is 88.1 Å². The Bertz CT molecular complexity index is 370. The van der Waals surface area contributed by atoms with Gasteiger partial charge in [-0.15, -0.1) is 10.2 Å². The number of rotatable bonds is 5. The van der Waals surface area contributed by atoms with Crippen LogP contribution in [0.1, 0.15) is 6.42 Å². The molecule has 2 aromatic rings. The first-order valence-electron chi connectivity index (χ1n) is 4.95. The molecule has 78 valence electrons. The van der Waals surface area contributed by atoms with Gasteiger partial charge in [-0.05, 0) is 23.8 Å². The summed E-state index contributed by atoms with van der Waals surface area (Å²) in [6, 6.07) is 10.1. The van der Waals surface area contributed by atoms with Crippen LogP contribution in [-0.4, -0.2) is 26.8 Å². The molecule has 1 heterocycles. The molecule has 0 saturated carbocycles. The van der Waals surface area contributed by atoms with Crippen LogP contribution in [0.3, 0.4) is 0 Å². The minimum absolute atomic E-state index is 0.792. The topological polar surface area (TPSA) is 55.6 Å². The van der Waals surface area contributed by atoms with Crippen molar-refractivity contribution in [3.8, 4) is 0 Å². The zero-order chi connectivity index (χ0) is 10.3. The highest BCUT2D eigenvalue weighted by Gasteiger charge is 1.93. The quantitative estimate of drug-likeness (QED) is 0.741. The average Bonchev–Trinajstić information content (AvgIpc) is 2.79. The average molecular weight is 203 g/mol. The summed E-state index contributed by atoms with van der Waals surface area (Å²) in [6.07, 6.45) is 2.43. The smallest absolute Gasteiger partial charge is 0.162 e. The van der Waals surface area contributed by atoms with E-state index < -0.39 is 0 Å². The first-order chi connectivity index (χ1) is 7.45. The van der Waals surface area contributed by atoms with E-state index in [1.54, 1.807) is 4.80 Å². The van der Waals surface area contributed by atoms with E-state index in [9.17, 15) is 0 Å². The Balaban J connectivity index is 1.68. The Hall–Kier alpha value is -1.91. The van der Waals surface area contributed by atoms with Crippen molar-refractivity contribution >= 4 is 5.69 Å². The van der Waals surface area contributed by atoms with Crippen molar-refractivity contribution in [2.45, 2.75) is 13.0 Å². The Morgan fingerprint density at radius 3 is 2.80 bits per heavy atom. The minimum Gasteiger partial charge on any atom is -0.385 e. The maximum absolute atomic E-state index is 3.93. The molecule has 0 saturated heterocycles. The maximum Gasteiger partial charge on any atom is 0.162 e. The molecule has 0 radical (unpaired) electrons. The van der Waals surface area contributed by atoms with E-state index >= 15 is 0 Å². The first-order valence-corrected chi connectivity index (χ1v) is 4.95. The molecule has 0 unspecified atom stereocenters. The van der Waals surface area contributed by atoms with Gasteiger partial charge >= 0.3 is 0 Å². The molecule has 15 heavy (non-hydrogen) atoms. The number of hydrogen-bond acceptors (Lipinski definition) is 4. The summed E-state index contributed by atoms with van der Waals surface area (Å²) in [6.45, 7) is 1.70. The zero-order valence-corrected chi connectivity index (χ0v) is 8.37. The van der Waals surface area contributed by atoms with Gasteiger partial charge in [0.15, 0.2) is 6.33 Å². The van der Waals surface area contributed by atoms with Gasteiger partial charge in [0.1, 0.15) is 0 Å². The van der Waals surface area contributed by atoms with Crippen LogP contribution in [-0.2, 0) is 6.54 Å². The predicted molar refractivity (Wildman–Crippen MR) is 57.4 cm³/mol. The normalized spacial score (nSPS) is 10.1. The van der Waals surface area contributed by atoms with E-state index in [0.717, 1.165) is 25.2 Å². The fourth-order valence-electron chi connectivity index (χ4n) is 1.30. The minimum atomic E-state index is 0.792. The zero-order valence-electron chi connectivity index (χ0n) is 8.37. The maximum atomic E-state index is 3.93. The van der Waals surface area contributed by atoms with Crippen molar-refractivity contribution in [1.29, 1.82) is 0 Å². The Morgan fingerprint density at radius 2 is 2.07 bits per heavy atom. The van der Waals surface area contributed by atoms with Gasteiger partial charge in [0.05, 0.1) is 6.54 Å². The van der Waals surface area contributed by atoms with E-state index in [4.69, 9.17) is 0 Å². The van der Waals surface area contributed by atoms with Crippen LogP contribution in [0.15, 0.2) is 36.7 Å². The highest BCUT2D eigenvalue weighted by atomic mass is 15.6. The van der Waals surface area contributed by atoms with Crippen LogP contribution in [0, 0.1) is 0 Å². The Morgan fingerprint density at radius 1 is 1.20 bits per heavy atom. The lowest BCUT2D eigenvalue weighted by atomic mass is 10.3. The van der Waals surface area contributed by atoms with Crippen molar-refractivity contribution in [2.24, 2.45) is 0 Å². The van der Waals surface area contributed by atoms with Gasteiger partial charge in [0.25, 0.3) is 0 Å². The fraction of sp³-hybridized carbons (Fsp3) is 0.300. The summed E-state index contributed by atoms with van der Waals surface area (Å²) in [7, 11) is 0. The number of aromatic nitrogens is 4. The summed E-state index contributed by atoms with van der Waals surface area (Å²) in [5.74, 6) is 0. The molecular formula is C10H13N5. The highest BCUT2D eigenvalue weighted by molar-refractivity contribution is 5.42. The molecule has 0 fully saturated rings. The molecule has 0 atom stereocenters. The number of aryl methyl sites for hydroxylation is 1. The lowest BCUT2D eigenvalue weighted by Gasteiger charge is -2.04. The summed E-state index contributed by atoms with van der Waals surface area (Å²) in [5, 5.41) is 14.7. The van der Waals surface area contributed by atoms with Crippen LogP contribution >= 0.6 is 0 Å². The van der Waals surface area contributed by atoms with Gasteiger partial charge in [-0.3, -0.25) is 0 Å². The molecular weight excluding hydrogens is 190 g/mol. The summed E-state index contributed by atoms with van der Waals surface area (Å²) < 4.78 is 0. The second-order valence-electron chi connectivity index (χ2n) is 3.18. The molecule has 0 amide bonds. The molecule has 1 aromatic heterocycles. The third-order valence-electron chi connectivity index (χ3n) is 2.03. The predicted octanol–water partition coefficient (Wildman–Crippen LogP) is 1.18. The number of nitrogens with one attached hydrogen (secondary N) is 1. The van der Waals surface area contributed by atoms with Gasteiger partial charge < -0.3 is 5.32 Å². The van der Waals surface area contributed by atoms with Crippen LogP contribution in [0.25, 0.3) is 0 Å². The van der Waals surface area contributed by atoms with Crippen molar-refractivity contribution in [3.05, 3.63) is 36.7 Å². The van der Waals surface area contributed by atoms with Crippen LogP contribution in [0.4, 0.5) is 5.69 Å². The van der Waals surface area contributed by atoms with Gasteiger partial charge in [0.2, 0.25) is 0 Å². The van der Waals surface area contributed by atoms with Gasteiger partial charge in [-0.25, -0.2) is 0 Å². The number of para-hydroxylation sites is 1. The summed E-state index contributed by atoms with van der Waals surface area (Å²) in [5.41, 5.74) is 1.14. The molecule has 5 heteroatoms. The molecule has 1 aromatic carbocycles. The van der Waals surface area contributed by atoms with E-state index in [1.807, 2.05) is 30.3 Å². The SMILES string of the molecule is c1ccc(NCCCn2ncnn2)cc1. The second-order valence-corrected chi connectivity index (χ2v) is 3.18. The third-order valence-corrected chi connectivity index (χ3v) is 2.03. The van der Waals surface area contributed by atoms with Crippen molar-refractivity contribution in [2.75, 3.05) is 11.9 Å². The van der Waals surface area contributed by atoms with Gasteiger partial charge in [-0.2, -0.15) is 4.80 Å². The van der Waals surface area contributed by atoms with Crippen molar-refractivity contribution < 1.29 is 0 Å². The number of nitrogens with zero attached hydrogens (tertiary/aromatic N) is 4. The number of hydrogen-bond donors (Lipinski definition) is 1. The second kappa shape index (κ2) is 5.09. The summed E-state index contributed by atoms with van der Waals surface area (Å²) in [4.78, 5) is 1.59. The standard InChI is InChI=1S/C10H13N5/c1-2-5-10(6-3-1)11-7-4-8-15-13-9-12-14-15/h1-3,5-6,9,11H,4,7-8H2. The van der Waals surface area contributed by atoms with Gasteiger partial charge in [-0.1, -0.05) is 18.2 Å². The van der Waals surface area contributed by atoms with E-state index in [-0.39, 0.29) is 0 Å². The number of anilines is 1. The molecule has 0 aliphatic carbocycles. The van der Waals surface area contributed by atoms with E-state index in [2.05, 4.69) is 20.7 Å². The Kier molecular flexibility index (Phi) is 3.27. The number of benzene rings is 1. The molecule has 2 rings (SSSR count). The largest absolute Gasteiger partial charge is 0.385 e. The molecule has 5 nitrogen and oxygen atoms in total. The third kappa shape index (κ3) is 3.05. The molecule has 0 aliphatic heterocycles. The van der Waals surface area contributed by atoms with E-state index in [0.29, 0.717) is 0 Å². The molecule has 0 aliphatic rings. The highest BCUT2D eigenvalue weighted by Crippen LogP contribution is 2.04. The first kappa shape index (κ1) is 9.64. The molecule has 0 spiro atoms. The monoisotopic (exact) mass is 203 g/mol. The lowest BCUT2D eigenvalue weighted by Crippen LogP contribution is -2.08. The van der Waals surface area contributed by atoms with Crippen molar-refractivity contribution in [3.63, 3.8) is 0 Å². The fourth-order valence-corrected chi connectivity index (χ4v) is 1.30. The summed E-state index contributed by atoms with van der Waals surface area (Å²) >= 11 is 0. The van der Waals surface area contributed by atoms with Crippen LogP contribution in [0.2, 0.25) is 0 Å². The number of tetrazole rings is 1. The molecule has 1 N–H and O–H groups in total. The van der Waals surface area contributed by atoms with Crippen LogP contribution < -0.4 is 5.32 Å². The lowest BCUT2D eigenvalue weighted by molar-refractivity contribution is 0.508. The van der Waals surface area contributed by atoms with Crippen molar-refractivity contribution in [1.82, 2.24) is 20.2 Å².